The number of nitrogens with one attached hydrogen (secondary N) is 1. The molecule has 0 saturated heterocycles. The Hall–Kier alpha value is -3.54. The summed E-state index contributed by atoms with van der Waals surface area (Å²) in [6, 6.07) is 20.0. The zero-order valence-electron chi connectivity index (χ0n) is 14.8. The summed E-state index contributed by atoms with van der Waals surface area (Å²) in [5.41, 5.74) is 7.55. The van der Waals surface area contributed by atoms with E-state index in [1.807, 2.05) is 36.4 Å². The lowest BCUT2D eigenvalue weighted by molar-refractivity contribution is 0.0717. The molecule has 3 aromatic rings. The zero-order valence-corrected chi connectivity index (χ0v) is 14.8. The first kappa shape index (κ1) is 18.3. The fraction of sp³-hybridized carbons (Fsp3) is 0.143. The van der Waals surface area contributed by atoms with E-state index in [0.29, 0.717) is 25.2 Å². The van der Waals surface area contributed by atoms with Crippen molar-refractivity contribution in [2.45, 2.75) is 19.6 Å². The van der Waals surface area contributed by atoms with Crippen molar-refractivity contribution in [3.8, 4) is 0 Å². The molecule has 0 aliphatic rings. The lowest BCUT2D eigenvalue weighted by atomic mass is 10.1. The van der Waals surface area contributed by atoms with Crippen molar-refractivity contribution in [3.63, 3.8) is 0 Å². The predicted molar refractivity (Wildman–Crippen MR) is 102 cm³/mol. The van der Waals surface area contributed by atoms with Gasteiger partial charge in [-0.15, -0.1) is 0 Å². The summed E-state index contributed by atoms with van der Waals surface area (Å²) in [7, 11) is 0. The van der Waals surface area contributed by atoms with E-state index < -0.39 is 6.03 Å². The minimum Gasteiger partial charge on any atom is -0.467 e. The van der Waals surface area contributed by atoms with Crippen LogP contribution in [0, 0.1) is 0 Å². The molecule has 0 radical (unpaired) electrons. The monoisotopic (exact) mass is 363 g/mol. The molecule has 138 valence electrons. The van der Waals surface area contributed by atoms with Gasteiger partial charge in [-0.1, -0.05) is 42.5 Å². The Labute approximate surface area is 157 Å². The number of benzene rings is 2. The Morgan fingerprint density at radius 3 is 2.26 bits per heavy atom. The van der Waals surface area contributed by atoms with Crippen LogP contribution in [0.15, 0.2) is 77.4 Å². The summed E-state index contributed by atoms with van der Waals surface area (Å²) in [5, 5.41) is 2.53. The molecule has 0 bridgehead atoms. The molecule has 0 spiro atoms. The van der Waals surface area contributed by atoms with Gasteiger partial charge in [0.05, 0.1) is 12.8 Å². The molecular weight excluding hydrogens is 342 g/mol. The quantitative estimate of drug-likeness (QED) is 0.675. The van der Waals surface area contributed by atoms with Crippen LogP contribution >= 0.6 is 0 Å². The van der Waals surface area contributed by atoms with Gasteiger partial charge >= 0.3 is 6.03 Å². The highest BCUT2D eigenvalue weighted by Gasteiger charge is 2.18. The Bertz CT molecular complexity index is 875. The normalized spacial score (nSPS) is 10.4. The van der Waals surface area contributed by atoms with E-state index in [4.69, 9.17) is 10.2 Å². The van der Waals surface area contributed by atoms with E-state index in [0.717, 1.165) is 16.9 Å². The first-order valence-corrected chi connectivity index (χ1v) is 8.59. The van der Waals surface area contributed by atoms with E-state index in [2.05, 4.69) is 5.32 Å². The molecule has 6 heteroatoms. The smallest absolute Gasteiger partial charge is 0.312 e. The van der Waals surface area contributed by atoms with Gasteiger partial charge in [0.25, 0.3) is 5.91 Å². The summed E-state index contributed by atoms with van der Waals surface area (Å²) in [6.45, 7) is 1.18. The Balaban J connectivity index is 1.76. The number of nitrogens with zero attached hydrogens (tertiary/aromatic N) is 1. The average Bonchev–Trinajstić information content (AvgIpc) is 3.20. The first-order valence-electron chi connectivity index (χ1n) is 8.59. The standard InChI is InChI=1S/C21H21N3O3/c22-21(26)23-13-16-8-10-18(11-9-16)20(25)24(15-19-7-4-12-27-19)14-17-5-2-1-3-6-17/h1-12H,13-15H2,(H3,22,23,26). The van der Waals surface area contributed by atoms with Crippen LogP contribution in [0.5, 0.6) is 0 Å². The van der Waals surface area contributed by atoms with Crippen molar-refractivity contribution >= 4 is 11.9 Å². The minimum absolute atomic E-state index is 0.0929. The number of rotatable bonds is 7. The van der Waals surface area contributed by atoms with Crippen LogP contribution in [0.2, 0.25) is 0 Å². The fourth-order valence-corrected chi connectivity index (χ4v) is 2.73. The van der Waals surface area contributed by atoms with E-state index in [1.54, 1.807) is 41.5 Å². The molecule has 3 N–H and O–H groups in total. The lowest BCUT2D eigenvalue weighted by Gasteiger charge is -2.22. The van der Waals surface area contributed by atoms with Crippen LogP contribution in [0.25, 0.3) is 0 Å². The second-order valence-electron chi connectivity index (χ2n) is 6.14. The first-order chi connectivity index (χ1) is 13.1. The van der Waals surface area contributed by atoms with Gasteiger partial charge in [-0.3, -0.25) is 4.79 Å². The summed E-state index contributed by atoms with van der Waals surface area (Å²) < 4.78 is 5.42. The third-order valence-corrected chi connectivity index (χ3v) is 4.10. The second kappa shape index (κ2) is 8.71. The summed E-state index contributed by atoms with van der Waals surface area (Å²) >= 11 is 0. The molecule has 3 amide bonds. The number of furan rings is 1. The third kappa shape index (κ3) is 5.22. The van der Waals surface area contributed by atoms with Crippen molar-refractivity contribution in [1.82, 2.24) is 10.2 Å². The highest BCUT2D eigenvalue weighted by atomic mass is 16.3. The van der Waals surface area contributed by atoms with E-state index in [9.17, 15) is 9.59 Å². The van der Waals surface area contributed by atoms with Crippen molar-refractivity contribution in [2.24, 2.45) is 5.73 Å². The molecular formula is C21H21N3O3. The number of urea groups is 1. The predicted octanol–water partition coefficient (Wildman–Crippen LogP) is 3.29. The van der Waals surface area contributed by atoms with Gasteiger partial charge in [0.15, 0.2) is 0 Å². The van der Waals surface area contributed by atoms with Crippen LogP contribution in [-0.2, 0) is 19.6 Å². The third-order valence-electron chi connectivity index (χ3n) is 4.10. The second-order valence-corrected chi connectivity index (χ2v) is 6.14. The SMILES string of the molecule is NC(=O)NCc1ccc(C(=O)N(Cc2ccccc2)Cc2ccco2)cc1. The molecule has 0 aliphatic carbocycles. The summed E-state index contributed by atoms with van der Waals surface area (Å²) in [6.07, 6.45) is 1.60. The van der Waals surface area contributed by atoms with Crippen molar-refractivity contribution in [2.75, 3.05) is 0 Å². The van der Waals surface area contributed by atoms with Crippen molar-refractivity contribution in [1.29, 1.82) is 0 Å². The van der Waals surface area contributed by atoms with Gasteiger partial charge in [-0.05, 0) is 35.4 Å². The van der Waals surface area contributed by atoms with Gasteiger partial charge in [-0.25, -0.2) is 4.79 Å². The molecule has 0 fully saturated rings. The average molecular weight is 363 g/mol. The number of amides is 3. The highest BCUT2D eigenvalue weighted by molar-refractivity contribution is 5.94. The molecule has 3 rings (SSSR count). The molecule has 2 aromatic carbocycles. The van der Waals surface area contributed by atoms with Gasteiger partial charge in [-0.2, -0.15) is 0 Å². The Kier molecular flexibility index (Phi) is 5.89. The van der Waals surface area contributed by atoms with Crippen LogP contribution < -0.4 is 11.1 Å². The molecule has 0 saturated carbocycles. The molecule has 1 heterocycles. The van der Waals surface area contributed by atoms with E-state index >= 15 is 0 Å². The van der Waals surface area contributed by atoms with Gasteiger partial charge in [0.2, 0.25) is 0 Å². The topological polar surface area (TPSA) is 88.6 Å². The maximum absolute atomic E-state index is 13.0. The van der Waals surface area contributed by atoms with Crippen LogP contribution in [0.1, 0.15) is 27.2 Å². The van der Waals surface area contributed by atoms with Crippen LogP contribution in [0.4, 0.5) is 4.79 Å². The maximum Gasteiger partial charge on any atom is 0.312 e. The summed E-state index contributed by atoms with van der Waals surface area (Å²) in [5.74, 6) is 0.631. The molecule has 1 aromatic heterocycles. The van der Waals surface area contributed by atoms with Gasteiger partial charge < -0.3 is 20.4 Å². The Morgan fingerprint density at radius 2 is 1.63 bits per heavy atom. The largest absolute Gasteiger partial charge is 0.467 e. The van der Waals surface area contributed by atoms with E-state index in [1.165, 1.54) is 0 Å². The molecule has 27 heavy (non-hydrogen) atoms. The molecule has 0 unspecified atom stereocenters. The number of carbonyl (C=O) groups excluding carboxylic acids is 2. The number of carbonyl (C=O) groups is 2. The van der Waals surface area contributed by atoms with Gasteiger partial charge in [0, 0.05) is 18.7 Å². The summed E-state index contributed by atoms with van der Waals surface area (Å²) in [4.78, 5) is 25.6. The van der Waals surface area contributed by atoms with Crippen LogP contribution in [-0.4, -0.2) is 16.8 Å². The van der Waals surface area contributed by atoms with Gasteiger partial charge in [0.1, 0.15) is 5.76 Å². The zero-order chi connectivity index (χ0) is 19.1. The maximum atomic E-state index is 13.0. The van der Waals surface area contributed by atoms with Crippen LogP contribution in [0.3, 0.4) is 0 Å². The number of primary amides is 1. The van der Waals surface area contributed by atoms with Crippen molar-refractivity contribution < 1.29 is 14.0 Å². The molecule has 0 aliphatic heterocycles. The molecule has 6 nitrogen and oxygen atoms in total. The number of nitrogens with two attached hydrogens (primary N) is 1. The lowest BCUT2D eigenvalue weighted by Crippen LogP contribution is -2.30. The van der Waals surface area contributed by atoms with Crippen molar-refractivity contribution in [3.05, 3.63) is 95.4 Å². The number of hydrogen-bond donors (Lipinski definition) is 2. The number of hydrogen-bond acceptors (Lipinski definition) is 3. The molecule has 0 atom stereocenters. The van der Waals surface area contributed by atoms with E-state index in [-0.39, 0.29) is 5.91 Å². The highest BCUT2D eigenvalue weighted by Crippen LogP contribution is 2.15. The fourth-order valence-electron chi connectivity index (χ4n) is 2.73. The minimum atomic E-state index is -0.581. The Morgan fingerprint density at radius 1 is 0.889 bits per heavy atom.